The van der Waals surface area contributed by atoms with Crippen LogP contribution < -0.4 is 11.1 Å². The van der Waals surface area contributed by atoms with Crippen molar-refractivity contribution in [2.24, 2.45) is 5.73 Å². The Hall–Kier alpha value is -0.610. The van der Waals surface area contributed by atoms with E-state index in [0.29, 0.717) is 5.11 Å². The molecule has 3 N–H and O–H groups in total. The van der Waals surface area contributed by atoms with Crippen molar-refractivity contribution in [3.63, 3.8) is 0 Å². The number of hydrogen-bond acceptors (Lipinski definition) is 1. The number of aryl methyl sites for hydroxylation is 1. The average molecular weight is 259 g/mol. The third-order valence-corrected chi connectivity index (χ3v) is 2.82. The van der Waals surface area contributed by atoms with Crippen molar-refractivity contribution in [1.82, 2.24) is 0 Å². The minimum absolute atomic E-state index is 0.296. The zero-order valence-electron chi connectivity index (χ0n) is 7.52. The van der Waals surface area contributed by atoms with Crippen molar-refractivity contribution in [3.05, 3.63) is 27.7 Å². The van der Waals surface area contributed by atoms with Gasteiger partial charge in [0.25, 0.3) is 0 Å². The van der Waals surface area contributed by atoms with Crippen LogP contribution in [0.3, 0.4) is 0 Å². The second-order valence-corrected chi connectivity index (χ2v) is 4.15. The van der Waals surface area contributed by atoms with E-state index in [1.165, 1.54) is 0 Å². The second-order valence-electron chi connectivity index (χ2n) is 2.85. The summed E-state index contributed by atoms with van der Waals surface area (Å²) in [4.78, 5) is 0. The molecule has 0 aliphatic rings. The van der Waals surface area contributed by atoms with Crippen LogP contribution in [-0.4, -0.2) is 5.11 Å². The van der Waals surface area contributed by atoms with Gasteiger partial charge in [-0.1, -0.05) is 22.0 Å². The van der Waals surface area contributed by atoms with Crippen LogP contribution >= 0.6 is 28.1 Å². The van der Waals surface area contributed by atoms with Crippen molar-refractivity contribution >= 4 is 38.9 Å². The summed E-state index contributed by atoms with van der Waals surface area (Å²) in [5.74, 6) is 0. The highest BCUT2D eigenvalue weighted by molar-refractivity contribution is 9.10. The fourth-order valence-corrected chi connectivity index (χ4v) is 1.57. The molecule has 0 spiro atoms. The Morgan fingerprint density at radius 3 is 2.62 bits per heavy atom. The van der Waals surface area contributed by atoms with Gasteiger partial charge in [-0.25, -0.2) is 0 Å². The number of thiocarbonyl (C=S) groups is 1. The fourth-order valence-electron chi connectivity index (χ4n) is 1.14. The summed E-state index contributed by atoms with van der Waals surface area (Å²) >= 11 is 8.24. The average Bonchev–Trinajstić information content (AvgIpc) is 2.05. The normalized spacial score (nSPS) is 9.77. The van der Waals surface area contributed by atoms with E-state index < -0.39 is 0 Å². The lowest BCUT2D eigenvalue weighted by atomic mass is 10.1. The first-order valence-electron chi connectivity index (χ1n) is 3.84. The standard InChI is InChI=1S/C9H11BrN2S/c1-5-3-4-7(10)6(2)8(5)12-9(11)13/h3-4H,1-2H3,(H3,11,12,13). The highest BCUT2D eigenvalue weighted by Crippen LogP contribution is 2.26. The van der Waals surface area contributed by atoms with Crippen LogP contribution in [0.1, 0.15) is 11.1 Å². The summed E-state index contributed by atoms with van der Waals surface area (Å²) < 4.78 is 1.05. The van der Waals surface area contributed by atoms with Crippen LogP contribution in [-0.2, 0) is 0 Å². The molecule has 0 atom stereocenters. The van der Waals surface area contributed by atoms with Crippen LogP contribution in [0.15, 0.2) is 16.6 Å². The van der Waals surface area contributed by atoms with Crippen LogP contribution in [0.2, 0.25) is 0 Å². The molecule has 4 heteroatoms. The first kappa shape index (κ1) is 10.5. The number of rotatable bonds is 1. The summed E-state index contributed by atoms with van der Waals surface area (Å²) in [6, 6.07) is 4.02. The molecule has 1 rings (SSSR count). The van der Waals surface area contributed by atoms with Gasteiger partial charge in [-0.2, -0.15) is 0 Å². The van der Waals surface area contributed by atoms with E-state index in [1.54, 1.807) is 0 Å². The van der Waals surface area contributed by atoms with E-state index in [4.69, 9.17) is 18.0 Å². The van der Waals surface area contributed by atoms with E-state index in [0.717, 1.165) is 21.3 Å². The van der Waals surface area contributed by atoms with Gasteiger partial charge < -0.3 is 11.1 Å². The lowest BCUT2D eigenvalue weighted by Gasteiger charge is -2.12. The second kappa shape index (κ2) is 4.07. The van der Waals surface area contributed by atoms with Crippen LogP contribution in [0.4, 0.5) is 5.69 Å². The number of nitrogens with one attached hydrogen (secondary N) is 1. The van der Waals surface area contributed by atoms with Crippen LogP contribution in [0.25, 0.3) is 0 Å². The summed E-state index contributed by atoms with van der Waals surface area (Å²) in [7, 11) is 0. The zero-order chi connectivity index (χ0) is 10.0. The molecule has 0 radical (unpaired) electrons. The molecule has 1 aromatic carbocycles. The largest absolute Gasteiger partial charge is 0.376 e. The van der Waals surface area contributed by atoms with Gasteiger partial charge in [0, 0.05) is 10.2 Å². The molecular weight excluding hydrogens is 248 g/mol. The molecule has 13 heavy (non-hydrogen) atoms. The predicted molar refractivity (Wildman–Crippen MR) is 64.0 cm³/mol. The third kappa shape index (κ3) is 2.42. The summed E-state index contributed by atoms with van der Waals surface area (Å²) in [5, 5.41) is 3.26. The van der Waals surface area contributed by atoms with E-state index in [-0.39, 0.29) is 0 Å². The molecule has 0 unspecified atom stereocenters. The van der Waals surface area contributed by atoms with E-state index in [2.05, 4.69) is 21.2 Å². The van der Waals surface area contributed by atoms with Gasteiger partial charge in [-0.3, -0.25) is 0 Å². The van der Waals surface area contributed by atoms with Crippen molar-refractivity contribution in [2.45, 2.75) is 13.8 Å². The van der Waals surface area contributed by atoms with Gasteiger partial charge >= 0.3 is 0 Å². The topological polar surface area (TPSA) is 38.0 Å². The minimum atomic E-state index is 0.296. The highest BCUT2D eigenvalue weighted by Gasteiger charge is 2.05. The van der Waals surface area contributed by atoms with Crippen molar-refractivity contribution in [1.29, 1.82) is 0 Å². The van der Waals surface area contributed by atoms with E-state index >= 15 is 0 Å². The maximum atomic E-state index is 5.42. The van der Waals surface area contributed by atoms with E-state index in [9.17, 15) is 0 Å². The monoisotopic (exact) mass is 258 g/mol. The highest BCUT2D eigenvalue weighted by atomic mass is 79.9. The smallest absolute Gasteiger partial charge is 0.168 e. The third-order valence-electron chi connectivity index (χ3n) is 1.86. The molecule has 0 saturated heterocycles. The molecule has 0 heterocycles. The molecule has 0 amide bonds. The molecule has 0 aliphatic heterocycles. The van der Waals surface area contributed by atoms with Crippen LogP contribution in [0, 0.1) is 13.8 Å². The Morgan fingerprint density at radius 2 is 2.08 bits per heavy atom. The Morgan fingerprint density at radius 1 is 1.46 bits per heavy atom. The lowest BCUT2D eigenvalue weighted by Crippen LogP contribution is -2.20. The fraction of sp³-hybridized carbons (Fsp3) is 0.222. The van der Waals surface area contributed by atoms with Crippen molar-refractivity contribution in [3.8, 4) is 0 Å². The number of hydrogen-bond donors (Lipinski definition) is 2. The Kier molecular flexibility index (Phi) is 3.27. The zero-order valence-corrected chi connectivity index (χ0v) is 9.92. The molecule has 0 saturated carbocycles. The molecule has 0 fully saturated rings. The predicted octanol–water partition coefficient (Wildman–Crippen LogP) is 2.72. The van der Waals surface area contributed by atoms with Gasteiger partial charge in [0.2, 0.25) is 0 Å². The first-order chi connectivity index (χ1) is 6.02. The molecule has 70 valence electrons. The summed E-state index contributed by atoms with van der Waals surface area (Å²) in [6.07, 6.45) is 0. The first-order valence-corrected chi connectivity index (χ1v) is 5.04. The SMILES string of the molecule is Cc1ccc(Br)c(C)c1NC(N)=S. The lowest BCUT2D eigenvalue weighted by molar-refractivity contribution is 1.35. The van der Waals surface area contributed by atoms with Gasteiger partial charge in [0.1, 0.15) is 0 Å². The maximum absolute atomic E-state index is 5.42. The molecule has 1 aromatic rings. The Bertz CT molecular complexity index is 350. The Balaban J connectivity index is 3.17. The Labute approximate surface area is 91.6 Å². The van der Waals surface area contributed by atoms with E-state index in [1.807, 2.05) is 26.0 Å². The van der Waals surface area contributed by atoms with Crippen LogP contribution in [0.5, 0.6) is 0 Å². The molecule has 0 bridgehead atoms. The summed E-state index contributed by atoms with van der Waals surface area (Å²) in [6.45, 7) is 4.03. The number of nitrogens with two attached hydrogens (primary N) is 1. The van der Waals surface area contributed by atoms with Gasteiger partial charge in [-0.15, -0.1) is 0 Å². The van der Waals surface area contributed by atoms with Gasteiger partial charge in [0.05, 0.1) is 0 Å². The van der Waals surface area contributed by atoms with Gasteiger partial charge in [-0.05, 0) is 43.3 Å². The number of halogens is 1. The van der Waals surface area contributed by atoms with Gasteiger partial charge in [0.15, 0.2) is 5.11 Å². The van der Waals surface area contributed by atoms with Crippen molar-refractivity contribution in [2.75, 3.05) is 5.32 Å². The quantitative estimate of drug-likeness (QED) is 0.761. The summed E-state index contributed by atoms with van der Waals surface area (Å²) in [5.41, 5.74) is 8.66. The minimum Gasteiger partial charge on any atom is -0.376 e. The molecule has 2 nitrogen and oxygen atoms in total. The molecule has 0 aliphatic carbocycles. The maximum Gasteiger partial charge on any atom is 0.168 e. The number of anilines is 1. The number of benzene rings is 1. The van der Waals surface area contributed by atoms with Crippen molar-refractivity contribution < 1.29 is 0 Å². The molecular formula is C9H11BrN2S. The molecule has 0 aromatic heterocycles.